The fourth-order valence-corrected chi connectivity index (χ4v) is 5.21. The normalized spacial score (nSPS) is 15.0. The number of anilines is 2. The van der Waals surface area contributed by atoms with E-state index in [1.54, 1.807) is 42.5 Å². The van der Waals surface area contributed by atoms with Gasteiger partial charge >= 0.3 is 6.03 Å². The van der Waals surface area contributed by atoms with Crippen LogP contribution in [0.3, 0.4) is 0 Å². The van der Waals surface area contributed by atoms with Crippen molar-refractivity contribution in [2.24, 2.45) is 0 Å². The molecule has 0 saturated heterocycles. The zero-order valence-corrected chi connectivity index (χ0v) is 18.3. The summed E-state index contributed by atoms with van der Waals surface area (Å²) in [5.74, 6) is 0.261. The minimum atomic E-state index is -4.11. The number of carbonyl (C=O) groups excluding carboxylic acids is 1. The molecule has 0 fully saturated rings. The highest BCUT2D eigenvalue weighted by Gasteiger charge is 2.42. The van der Waals surface area contributed by atoms with E-state index in [1.807, 2.05) is 26.0 Å². The van der Waals surface area contributed by atoms with Crippen LogP contribution in [0.15, 0.2) is 77.7 Å². The minimum absolute atomic E-state index is 0.0226. The first kappa shape index (κ1) is 21.5. The molecule has 0 aliphatic carbocycles. The number of para-hydroxylation sites is 1. The number of nitro benzene ring substituents is 1. The van der Waals surface area contributed by atoms with Gasteiger partial charge in [-0.3, -0.25) is 15.0 Å². The Labute approximate surface area is 185 Å². The highest BCUT2D eigenvalue weighted by molar-refractivity contribution is 7.94. The van der Waals surface area contributed by atoms with Crippen molar-refractivity contribution in [1.29, 1.82) is 0 Å². The Morgan fingerprint density at radius 3 is 2.16 bits per heavy atom. The SMILES string of the molecule is CC(C)c1ccc(N2C(=O)N(Cc3ccc([N+](=O)[O-])cc3)c3ccccc3S2(=O)=O)cc1. The molecule has 2 amide bonds. The smallest absolute Gasteiger partial charge is 0.287 e. The first-order chi connectivity index (χ1) is 15.2. The van der Waals surface area contributed by atoms with Crippen LogP contribution < -0.4 is 9.21 Å². The van der Waals surface area contributed by atoms with E-state index in [1.165, 1.54) is 23.1 Å². The molecule has 0 radical (unpaired) electrons. The summed E-state index contributed by atoms with van der Waals surface area (Å²) in [7, 11) is -4.11. The van der Waals surface area contributed by atoms with E-state index < -0.39 is 21.0 Å². The Morgan fingerprint density at radius 2 is 1.56 bits per heavy atom. The van der Waals surface area contributed by atoms with Crippen molar-refractivity contribution in [3.63, 3.8) is 0 Å². The molecule has 8 nitrogen and oxygen atoms in total. The van der Waals surface area contributed by atoms with Crippen molar-refractivity contribution in [3.8, 4) is 0 Å². The largest absolute Gasteiger partial charge is 0.343 e. The van der Waals surface area contributed by atoms with E-state index in [9.17, 15) is 23.3 Å². The van der Waals surface area contributed by atoms with Gasteiger partial charge in [0, 0.05) is 12.1 Å². The van der Waals surface area contributed by atoms with Gasteiger partial charge in [-0.15, -0.1) is 0 Å². The number of non-ortho nitro benzene ring substituents is 1. The Hall–Kier alpha value is -3.72. The van der Waals surface area contributed by atoms with Crippen molar-refractivity contribution in [2.75, 3.05) is 9.21 Å². The lowest BCUT2D eigenvalue weighted by atomic mass is 10.0. The Balaban J connectivity index is 1.78. The average molecular weight is 452 g/mol. The summed E-state index contributed by atoms with van der Waals surface area (Å²) < 4.78 is 27.5. The van der Waals surface area contributed by atoms with Crippen LogP contribution in [0.25, 0.3) is 0 Å². The maximum absolute atomic E-state index is 13.5. The van der Waals surface area contributed by atoms with E-state index in [0.29, 0.717) is 5.56 Å². The molecule has 0 bridgehead atoms. The molecule has 0 spiro atoms. The minimum Gasteiger partial charge on any atom is -0.287 e. The summed E-state index contributed by atoms with van der Waals surface area (Å²) in [6.45, 7) is 4.11. The molecule has 0 atom stereocenters. The average Bonchev–Trinajstić information content (AvgIpc) is 2.77. The van der Waals surface area contributed by atoms with E-state index >= 15 is 0 Å². The predicted octanol–water partition coefficient (Wildman–Crippen LogP) is 5.05. The molecular formula is C23H21N3O5S. The second kappa shape index (κ2) is 8.08. The standard InChI is InChI=1S/C23H21N3O5S/c1-16(2)18-9-13-19(14-10-18)25-23(27)24(15-17-7-11-20(12-8-17)26(28)29)21-5-3-4-6-22(21)32(25,30)31/h3-14,16H,15H2,1-2H3. The third-order valence-electron chi connectivity index (χ3n) is 5.36. The number of urea groups is 1. The number of nitro groups is 1. The lowest BCUT2D eigenvalue weighted by molar-refractivity contribution is -0.384. The van der Waals surface area contributed by atoms with E-state index in [-0.39, 0.29) is 34.4 Å². The number of fused-ring (bicyclic) bond motifs is 1. The topological polar surface area (TPSA) is 101 Å². The molecule has 3 aromatic carbocycles. The monoisotopic (exact) mass is 451 g/mol. The van der Waals surface area contributed by atoms with Crippen molar-refractivity contribution < 1.29 is 18.1 Å². The third-order valence-corrected chi connectivity index (χ3v) is 7.11. The molecular weight excluding hydrogens is 430 g/mol. The van der Waals surface area contributed by atoms with Gasteiger partial charge in [-0.25, -0.2) is 13.2 Å². The first-order valence-corrected chi connectivity index (χ1v) is 11.4. The third kappa shape index (κ3) is 3.71. The van der Waals surface area contributed by atoms with Crippen molar-refractivity contribution >= 4 is 33.1 Å². The zero-order chi connectivity index (χ0) is 23.0. The number of hydrogen-bond acceptors (Lipinski definition) is 5. The van der Waals surface area contributed by atoms with Crippen LogP contribution in [-0.2, 0) is 16.6 Å². The van der Waals surface area contributed by atoms with Crippen LogP contribution in [0.4, 0.5) is 21.9 Å². The number of nitrogens with zero attached hydrogens (tertiary/aromatic N) is 3. The van der Waals surface area contributed by atoms with Gasteiger partial charge in [-0.2, -0.15) is 4.31 Å². The highest BCUT2D eigenvalue weighted by atomic mass is 32.2. The molecule has 32 heavy (non-hydrogen) atoms. The maximum atomic E-state index is 13.5. The molecule has 0 unspecified atom stereocenters. The molecule has 1 aliphatic rings. The summed E-state index contributed by atoms with van der Waals surface area (Å²) in [5.41, 5.74) is 2.12. The number of hydrogen-bond donors (Lipinski definition) is 0. The molecule has 1 heterocycles. The summed E-state index contributed by atoms with van der Waals surface area (Å²) in [6, 6.07) is 18.3. The second-order valence-electron chi connectivity index (χ2n) is 7.78. The summed E-state index contributed by atoms with van der Waals surface area (Å²) in [4.78, 5) is 25.3. The second-order valence-corrected chi connectivity index (χ2v) is 9.53. The molecule has 164 valence electrons. The number of sulfonamides is 1. The molecule has 0 saturated carbocycles. The molecule has 0 N–H and O–H groups in total. The van der Waals surface area contributed by atoms with Gasteiger partial charge < -0.3 is 0 Å². The highest BCUT2D eigenvalue weighted by Crippen LogP contribution is 2.38. The van der Waals surface area contributed by atoms with Crippen LogP contribution in [-0.4, -0.2) is 19.4 Å². The number of rotatable bonds is 5. The van der Waals surface area contributed by atoms with Crippen LogP contribution in [0.1, 0.15) is 30.9 Å². The van der Waals surface area contributed by atoms with Crippen molar-refractivity contribution in [3.05, 3.63) is 94.0 Å². The van der Waals surface area contributed by atoms with Crippen LogP contribution >= 0.6 is 0 Å². The molecule has 3 aromatic rings. The summed E-state index contributed by atoms with van der Waals surface area (Å²) in [5, 5.41) is 10.9. The fraction of sp³-hybridized carbons (Fsp3) is 0.174. The number of amides is 2. The quantitative estimate of drug-likeness (QED) is 0.399. The Morgan fingerprint density at radius 1 is 0.938 bits per heavy atom. The van der Waals surface area contributed by atoms with E-state index in [2.05, 4.69) is 0 Å². The van der Waals surface area contributed by atoms with Gasteiger partial charge in [-0.05, 0) is 41.3 Å². The number of benzene rings is 3. The van der Waals surface area contributed by atoms with Crippen LogP contribution in [0.5, 0.6) is 0 Å². The van der Waals surface area contributed by atoms with Gasteiger partial charge in [0.15, 0.2) is 0 Å². The lowest BCUT2D eigenvalue weighted by Gasteiger charge is -2.36. The van der Waals surface area contributed by atoms with Gasteiger partial charge in [0.25, 0.3) is 15.7 Å². The number of carbonyl (C=O) groups is 1. The Kier molecular flexibility index (Phi) is 5.43. The van der Waals surface area contributed by atoms with Gasteiger partial charge in [0.2, 0.25) is 0 Å². The fourth-order valence-electron chi connectivity index (χ4n) is 3.61. The first-order valence-electron chi connectivity index (χ1n) is 9.99. The van der Waals surface area contributed by atoms with E-state index in [0.717, 1.165) is 9.87 Å². The van der Waals surface area contributed by atoms with Gasteiger partial charge in [0.1, 0.15) is 4.90 Å². The maximum Gasteiger partial charge on any atom is 0.343 e. The molecule has 0 aromatic heterocycles. The van der Waals surface area contributed by atoms with Gasteiger partial charge in [0.05, 0.1) is 22.8 Å². The lowest BCUT2D eigenvalue weighted by Crippen LogP contribution is -2.50. The van der Waals surface area contributed by atoms with Crippen molar-refractivity contribution in [2.45, 2.75) is 31.2 Å². The van der Waals surface area contributed by atoms with E-state index in [4.69, 9.17) is 0 Å². The van der Waals surface area contributed by atoms with Crippen LogP contribution in [0.2, 0.25) is 0 Å². The van der Waals surface area contributed by atoms with Gasteiger partial charge in [-0.1, -0.05) is 50.2 Å². The molecule has 4 rings (SSSR count). The Bertz CT molecular complexity index is 1290. The zero-order valence-electron chi connectivity index (χ0n) is 17.5. The predicted molar refractivity (Wildman–Crippen MR) is 121 cm³/mol. The van der Waals surface area contributed by atoms with Crippen molar-refractivity contribution in [1.82, 2.24) is 0 Å². The molecule has 1 aliphatic heterocycles. The molecule has 9 heteroatoms. The summed E-state index contributed by atoms with van der Waals surface area (Å²) >= 11 is 0. The summed E-state index contributed by atoms with van der Waals surface area (Å²) in [6.07, 6.45) is 0. The van der Waals surface area contributed by atoms with Crippen LogP contribution in [0, 0.1) is 10.1 Å².